The van der Waals surface area contributed by atoms with Crippen molar-refractivity contribution >= 4 is 0 Å². The fourth-order valence-electron chi connectivity index (χ4n) is 1.79. The quantitative estimate of drug-likeness (QED) is 0.772. The third kappa shape index (κ3) is 4.94. The third-order valence-corrected chi connectivity index (χ3v) is 2.98. The monoisotopic (exact) mass is 289 g/mol. The van der Waals surface area contributed by atoms with Gasteiger partial charge in [0.2, 0.25) is 0 Å². The van der Waals surface area contributed by atoms with Crippen molar-refractivity contribution in [3.05, 3.63) is 23.8 Å². The lowest BCUT2D eigenvalue weighted by molar-refractivity contribution is -0.0519. The number of rotatable bonds is 8. The zero-order chi connectivity index (χ0) is 15.2. The Morgan fingerprint density at radius 3 is 2.60 bits per heavy atom. The van der Waals surface area contributed by atoms with Crippen LogP contribution >= 0.6 is 0 Å². The predicted octanol–water partition coefficient (Wildman–Crippen LogP) is 2.55. The number of benzene rings is 1. The topological polar surface area (TPSA) is 50.7 Å². The molecule has 0 saturated carbocycles. The van der Waals surface area contributed by atoms with E-state index in [4.69, 9.17) is 9.84 Å². The maximum atomic E-state index is 12.5. The van der Waals surface area contributed by atoms with Crippen molar-refractivity contribution in [2.75, 3.05) is 13.7 Å². The van der Waals surface area contributed by atoms with Crippen LogP contribution in [0.5, 0.6) is 11.5 Å². The molecule has 114 valence electrons. The molecule has 0 aliphatic carbocycles. The van der Waals surface area contributed by atoms with E-state index in [9.17, 15) is 8.78 Å². The molecule has 6 heteroatoms. The van der Waals surface area contributed by atoms with Crippen molar-refractivity contribution in [3.8, 4) is 11.5 Å². The van der Waals surface area contributed by atoms with Crippen LogP contribution in [0.25, 0.3) is 0 Å². The highest BCUT2D eigenvalue weighted by Crippen LogP contribution is 2.32. The van der Waals surface area contributed by atoms with Crippen LogP contribution in [0, 0.1) is 0 Å². The highest BCUT2D eigenvalue weighted by molar-refractivity contribution is 5.46. The van der Waals surface area contributed by atoms with E-state index in [0.717, 1.165) is 0 Å². The summed E-state index contributed by atoms with van der Waals surface area (Å²) >= 11 is 0. The lowest BCUT2D eigenvalue weighted by Crippen LogP contribution is -2.39. The van der Waals surface area contributed by atoms with Crippen LogP contribution in [0.4, 0.5) is 8.78 Å². The molecule has 0 aliphatic heterocycles. The van der Waals surface area contributed by atoms with Crippen LogP contribution in [0.2, 0.25) is 0 Å². The Morgan fingerprint density at radius 1 is 1.35 bits per heavy atom. The SMILES string of the molecule is COc1cccc(CNC(C)(C)CCO)c1OC(F)F. The fraction of sp³-hybridized carbons (Fsp3) is 0.571. The predicted molar refractivity (Wildman–Crippen MR) is 72.2 cm³/mol. The Morgan fingerprint density at radius 2 is 2.05 bits per heavy atom. The van der Waals surface area contributed by atoms with Crippen molar-refractivity contribution in [3.63, 3.8) is 0 Å². The van der Waals surface area contributed by atoms with E-state index in [1.165, 1.54) is 7.11 Å². The summed E-state index contributed by atoms with van der Waals surface area (Å²) in [7, 11) is 1.40. The van der Waals surface area contributed by atoms with E-state index < -0.39 is 6.61 Å². The first kappa shape index (κ1) is 16.7. The first-order valence-electron chi connectivity index (χ1n) is 6.36. The summed E-state index contributed by atoms with van der Waals surface area (Å²) < 4.78 is 34.5. The maximum absolute atomic E-state index is 12.5. The third-order valence-electron chi connectivity index (χ3n) is 2.98. The Kier molecular flexibility index (Phi) is 6.16. The zero-order valence-corrected chi connectivity index (χ0v) is 12.0. The normalized spacial score (nSPS) is 11.8. The highest BCUT2D eigenvalue weighted by Gasteiger charge is 2.19. The first-order chi connectivity index (χ1) is 9.39. The van der Waals surface area contributed by atoms with Crippen LogP contribution in [-0.4, -0.2) is 31.0 Å². The van der Waals surface area contributed by atoms with E-state index >= 15 is 0 Å². The molecule has 0 radical (unpaired) electrons. The number of aliphatic hydroxyl groups excluding tert-OH is 1. The van der Waals surface area contributed by atoms with E-state index in [1.54, 1.807) is 18.2 Å². The van der Waals surface area contributed by atoms with Crippen LogP contribution in [0.15, 0.2) is 18.2 Å². The van der Waals surface area contributed by atoms with Gasteiger partial charge in [-0.1, -0.05) is 12.1 Å². The van der Waals surface area contributed by atoms with E-state index in [2.05, 4.69) is 10.1 Å². The molecular weight excluding hydrogens is 268 g/mol. The Labute approximate surface area is 117 Å². The molecule has 1 aromatic carbocycles. The van der Waals surface area contributed by atoms with Gasteiger partial charge in [0.1, 0.15) is 0 Å². The average molecular weight is 289 g/mol. The molecule has 20 heavy (non-hydrogen) atoms. The van der Waals surface area contributed by atoms with E-state index in [0.29, 0.717) is 18.5 Å². The maximum Gasteiger partial charge on any atom is 0.387 e. The fourth-order valence-corrected chi connectivity index (χ4v) is 1.79. The summed E-state index contributed by atoms with van der Waals surface area (Å²) in [5.74, 6) is 0.307. The van der Waals surface area contributed by atoms with Gasteiger partial charge in [-0.25, -0.2) is 0 Å². The number of ether oxygens (including phenoxy) is 2. The van der Waals surface area contributed by atoms with Crippen molar-refractivity contribution in [1.82, 2.24) is 5.32 Å². The molecule has 0 saturated heterocycles. The molecule has 0 atom stereocenters. The van der Waals surface area contributed by atoms with E-state index in [-0.39, 0.29) is 23.6 Å². The van der Waals surface area contributed by atoms with Gasteiger partial charge in [0, 0.05) is 24.3 Å². The molecule has 4 nitrogen and oxygen atoms in total. The van der Waals surface area contributed by atoms with Crippen LogP contribution in [0.3, 0.4) is 0 Å². The molecular formula is C14H21F2NO3. The van der Waals surface area contributed by atoms with Gasteiger partial charge in [-0.15, -0.1) is 0 Å². The minimum Gasteiger partial charge on any atom is -0.493 e. The molecule has 0 heterocycles. The summed E-state index contributed by atoms with van der Waals surface area (Å²) in [6.45, 7) is 1.34. The number of halogens is 2. The van der Waals surface area contributed by atoms with Crippen LogP contribution in [0.1, 0.15) is 25.8 Å². The number of aliphatic hydroxyl groups is 1. The van der Waals surface area contributed by atoms with Gasteiger partial charge in [0.05, 0.1) is 7.11 Å². The lowest BCUT2D eigenvalue weighted by Gasteiger charge is -2.26. The number of alkyl halides is 2. The second-order valence-corrected chi connectivity index (χ2v) is 5.04. The van der Waals surface area contributed by atoms with Crippen LogP contribution < -0.4 is 14.8 Å². The number of hydrogen-bond acceptors (Lipinski definition) is 4. The van der Waals surface area contributed by atoms with Crippen molar-refractivity contribution in [2.45, 2.75) is 39.0 Å². The van der Waals surface area contributed by atoms with Gasteiger partial charge in [0.25, 0.3) is 0 Å². The second-order valence-electron chi connectivity index (χ2n) is 5.04. The number of nitrogens with one attached hydrogen (secondary N) is 1. The second kappa shape index (κ2) is 7.40. The summed E-state index contributed by atoms with van der Waals surface area (Å²) in [6.07, 6.45) is 0.558. The summed E-state index contributed by atoms with van der Waals surface area (Å²) in [5, 5.41) is 12.2. The Balaban J connectivity index is 2.88. The molecule has 0 spiro atoms. The summed E-state index contributed by atoms with van der Waals surface area (Å²) in [5.41, 5.74) is 0.274. The Hall–Kier alpha value is -1.40. The standard InChI is InChI=1S/C14H21F2NO3/c1-14(2,7-8-18)17-9-10-5-4-6-11(19-3)12(10)20-13(15)16/h4-6,13,17-18H,7-9H2,1-3H3. The van der Waals surface area contributed by atoms with Crippen LogP contribution in [-0.2, 0) is 6.54 Å². The lowest BCUT2D eigenvalue weighted by atomic mass is 10.0. The minimum absolute atomic E-state index is 0.0392. The summed E-state index contributed by atoms with van der Waals surface area (Å²) in [4.78, 5) is 0. The number of para-hydroxylation sites is 1. The van der Waals surface area contributed by atoms with E-state index in [1.807, 2.05) is 13.8 Å². The molecule has 1 rings (SSSR count). The molecule has 2 N–H and O–H groups in total. The number of methoxy groups -OCH3 is 1. The van der Waals surface area contributed by atoms with Gasteiger partial charge in [-0.05, 0) is 26.3 Å². The number of hydrogen-bond donors (Lipinski definition) is 2. The minimum atomic E-state index is -2.91. The van der Waals surface area contributed by atoms with Crippen molar-refractivity contribution < 1.29 is 23.4 Å². The van der Waals surface area contributed by atoms with Crippen molar-refractivity contribution in [2.24, 2.45) is 0 Å². The highest BCUT2D eigenvalue weighted by atomic mass is 19.3. The van der Waals surface area contributed by atoms with Gasteiger partial charge in [-0.2, -0.15) is 8.78 Å². The smallest absolute Gasteiger partial charge is 0.387 e. The molecule has 0 fully saturated rings. The first-order valence-corrected chi connectivity index (χ1v) is 6.36. The van der Waals surface area contributed by atoms with Gasteiger partial charge in [0.15, 0.2) is 11.5 Å². The van der Waals surface area contributed by atoms with Gasteiger partial charge < -0.3 is 19.9 Å². The van der Waals surface area contributed by atoms with Gasteiger partial charge in [-0.3, -0.25) is 0 Å². The molecule has 0 amide bonds. The summed E-state index contributed by atoms with van der Waals surface area (Å²) in [6, 6.07) is 4.98. The molecule has 0 bridgehead atoms. The Bertz CT molecular complexity index is 425. The zero-order valence-electron chi connectivity index (χ0n) is 12.0. The van der Waals surface area contributed by atoms with Gasteiger partial charge >= 0.3 is 6.61 Å². The molecule has 0 aromatic heterocycles. The van der Waals surface area contributed by atoms with Crippen molar-refractivity contribution in [1.29, 1.82) is 0 Å². The molecule has 1 aromatic rings. The average Bonchev–Trinajstić information content (AvgIpc) is 2.36. The molecule has 0 aliphatic rings. The largest absolute Gasteiger partial charge is 0.493 e. The molecule has 0 unspecified atom stereocenters.